The molecule has 6 atom stereocenters. The van der Waals surface area contributed by atoms with Crippen molar-refractivity contribution in [1.29, 1.82) is 0 Å². The van der Waals surface area contributed by atoms with Crippen LogP contribution in [0.15, 0.2) is 43.5 Å². The number of aliphatic hydroxyl groups is 1. The van der Waals surface area contributed by atoms with Gasteiger partial charge in [0.1, 0.15) is 17.6 Å². The summed E-state index contributed by atoms with van der Waals surface area (Å²) in [4.78, 5) is 46.0. The lowest BCUT2D eigenvalue weighted by molar-refractivity contribution is -0.162. The molecule has 224 valence electrons. The van der Waals surface area contributed by atoms with Crippen molar-refractivity contribution >= 4 is 35.1 Å². The normalized spacial score (nSPS) is 29.0. The highest BCUT2D eigenvalue weighted by molar-refractivity contribution is 6.34. The molecule has 41 heavy (non-hydrogen) atoms. The minimum absolute atomic E-state index is 0.155. The minimum Gasteiger partial charge on any atom is -0.465 e. The number of anilines is 1. The van der Waals surface area contributed by atoms with Crippen LogP contribution in [0, 0.1) is 24.7 Å². The van der Waals surface area contributed by atoms with E-state index in [-0.39, 0.29) is 37.5 Å². The second-order valence-corrected chi connectivity index (χ2v) is 12.2. The second kappa shape index (κ2) is 12.3. The van der Waals surface area contributed by atoms with Crippen molar-refractivity contribution in [2.45, 2.75) is 83.1 Å². The van der Waals surface area contributed by atoms with Crippen molar-refractivity contribution in [3.8, 4) is 0 Å². The topological polar surface area (TPSA) is 96.4 Å². The molecule has 3 aliphatic rings. The first-order valence-corrected chi connectivity index (χ1v) is 15.0. The van der Waals surface area contributed by atoms with E-state index in [9.17, 15) is 19.5 Å². The molecule has 3 aliphatic heterocycles. The Morgan fingerprint density at radius 3 is 2.61 bits per heavy atom. The van der Waals surface area contributed by atoms with E-state index in [2.05, 4.69) is 13.2 Å². The number of aryl methyl sites for hydroxylation is 1. The molecule has 3 heterocycles. The molecule has 2 bridgehead atoms. The van der Waals surface area contributed by atoms with Crippen LogP contribution in [0.2, 0.25) is 5.02 Å². The maximum Gasteiger partial charge on any atom is 0.312 e. The van der Waals surface area contributed by atoms with Gasteiger partial charge in [-0.3, -0.25) is 14.4 Å². The molecule has 1 spiro atoms. The Bertz CT molecular complexity index is 1180. The summed E-state index contributed by atoms with van der Waals surface area (Å²) in [6.07, 6.45) is 6.18. The van der Waals surface area contributed by atoms with Crippen LogP contribution in [0.5, 0.6) is 0 Å². The highest BCUT2D eigenvalue weighted by Gasteiger charge is 2.79. The number of esters is 1. The van der Waals surface area contributed by atoms with Gasteiger partial charge in [-0.25, -0.2) is 0 Å². The van der Waals surface area contributed by atoms with Crippen molar-refractivity contribution in [2.24, 2.45) is 17.8 Å². The Morgan fingerprint density at radius 1 is 1.29 bits per heavy atom. The molecule has 0 radical (unpaired) electrons. The number of rotatable bonds is 13. The SMILES string of the molecule is C=CCCCOC(=O)[C@H]1[C@H]2C(=O)N([C@@H](CO)C(C)C)C(C(=O)N(CC=C)c3c(C)cccc3Cl)C23CC[C@]1(CC)O3. The van der Waals surface area contributed by atoms with Gasteiger partial charge in [-0.2, -0.15) is 0 Å². The van der Waals surface area contributed by atoms with Gasteiger partial charge in [-0.15, -0.1) is 13.2 Å². The highest BCUT2D eigenvalue weighted by Crippen LogP contribution is 2.65. The largest absolute Gasteiger partial charge is 0.465 e. The zero-order valence-corrected chi connectivity index (χ0v) is 25.4. The number of hydrogen-bond donors (Lipinski definition) is 1. The monoisotopic (exact) mass is 586 g/mol. The molecule has 1 aromatic rings. The molecular formula is C32H43ClN2O6. The van der Waals surface area contributed by atoms with Gasteiger partial charge in [0.2, 0.25) is 5.91 Å². The van der Waals surface area contributed by atoms with Crippen LogP contribution in [-0.4, -0.2) is 70.8 Å². The molecular weight excluding hydrogens is 544 g/mol. The quantitative estimate of drug-likeness (QED) is 0.202. The molecule has 8 nitrogen and oxygen atoms in total. The standard InChI is InChI=1S/C32H43ClN2O6/c1-7-10-11-18-40-30(39)25-24-28(37)35(23(19-36)20(4)5)27(32(24)16-15-31(25,9-3)41-32)29(38)34(17-8-2)26-21(6)13-12-14-22(26)33/h7-8,12-14,20,23-25,27,36H,1-2,9-11,15-19H2,3-6H3/t23-,24-,25+,27?,31-,32?/m0/s1. The first kappa shape index (κ1) is 31.3. The van der Waals surface area contributed by atoms with E-state index in [4.69, 9.17) is 21.1 Å². The molecule has 1 aromatic carbocycles. The average molecular weight is 587 g/mol. The van der Waals surface area contributed by atoms with Gasteiger partial charge in [0.05, 0.1) is 41.5 Å². The van der Waals surface area contributed by atoms with Crippen LogP contribution in [-0.2, 0) is 23.9 Å². The number of hydrogen-bond acceptors (Lipinski definition) is 6. The van der Waals surface area contributed by atoms with Gasteiger partial charge in [0.25, 0.3) is 5.91 Å². The van der Waals surface area contributed by atoms with E-state index in [1.807, 2.05) is 39.8 Å². The zero-order chi connectivity index (χ0) is 30.1. The van der Waals surface area contributed by atoms with Crippen LogP contribution in [0.1, 0.15) is 58.4 Å². The number of aliphatic hydroxyl groups excluding tert-OH is 1. The molecule has 0 saturated carbocycles. The lowest BCUT2D eigenvalue weighted by Gasteiger charge is -2.41. The fourth-order valence-corrected chi connectivity index (χ4v) is 7.62. The Morgan fingerprint density at radius 2 is 2.02 bits per heavy atom. The van der Waals surface area contributed by atoms with Crippen LogP contribution in [0.3, 0.4) is 0 Å². The summed E-state index contributed by atoms with van der Waals surface area (Å²) in [6, 6.07) is 3.69. The molecule has 0 aliphatic carbocycles. The van der Waals surface area contributed by atoms with Crippen molar-refractivity contribution in [1.82, 2.24) is 4.90 Å². The molecule has 3 saturated heterocycles. The Hall–Kier alpha value is -2.68. The number of unbranched alkanes of at least 4 members (excludes halogenated alkanes) is 1. The lowest BCUT2D eigenvalue weighted by atomic mass is 9.65. The predicted molar refractivity (Wildman–Crippen MR) is 159 cm³/mol. The van der Waals surface area contributed by atoms with Crippen LogP contribution < -0.4 is 4.90 Å². The van der Waals surface area contributed by atoms with Gasteiger partial charge < -0.3 is 24.4 Å². The molecule has 3 fully saturated rings. The summed E-state index contributed by atoms with van der Waals surface area (Å²) >= 11 is 6.64. The third kappa shape index (κ3) is 5.02. The number of fused-ring (bicyclic) bond motifs is 1. The Labute approximate surface area is 248 Å². The van der Waals surface area contributed by atoms with Gasteiger partial charge in [-0.05, 0) is 56.6 Å². The second-order valence-electron chi connectivity index (χ2n) is 11.8. The molecule has 2 unspecified atom stereocenters. The number of para-hydroxylation sites is 1. The average Bonchev–Trinajstić information content (AvgIpc) is 3.54. The fourth-order valence-electron chi connectivity index (χ4n) is 7.29. The Kier molecular flexibility index (Phi) is 9.36. The van der Waals surface area contributed by atoms with E-state index >= 15 is 0 Å². The van der Waals surface area contributed by atoms with Gasteiger partial charge in [-0.1, -0.05) is 56.7 Å². The number of nitrogens with zero attached hydrogens (tertiary/aromatic N) is 2. The number of carbonyl (C=O) groups is 3. The fraction of sp³-hybridized carbons (Fsp3) is 0.594. The molecule has 1 N–H and O–H groups in total. The van der Waals surface area contributed by atoms with E-state index in [1.165, 1.54) is 4.90 Å². The summed E-state index contributed by atoms with van der Waals surface area (Å²) in [5.41, 5.74) is -0.821. The van der Waals surface area contributed by atoms with E-state index in [0.717, 1.165) is 5.56 Å². The van der Waals surface area contributed by atoms with Gasteiger partial charge >= 0.3 is 5.97 Å². The third-order valence-electron chi connectivity index (χ3n) is 9.25. The highest BCUT2D eigenvalue weighted by atomic mass is 35.5. The van der Waals surface area contributed by atoms with Crippen molar-refractivity contribution in [2.75, 3.05) is 24.7 Å². The van der Waals surface area contributed by atoms with E-state index in [0.29, 0.717) is 42.8 Å². The number of carbonyl (C=O) groups excluding carboxylic acids is 3. The van der Waals surface area contributed by atoms with Crippen molar-refractivity contribution in [3.05, 3.63) is 54.1 Å². The number of amides is 2. The molecule has 2 amide bonds. The van der Waals surface area contributed by atoms with E-state index < -0.39 is 41.1 Å². The number of ether oxygens (including phenoxy) is 2. The first-order chi connectivity index (χ1) is 19.5. The van der Waals surface area contributed by atoms with Gasteiger partial charge in [0.15, 0.2) is 0 Å². The first-order valence-electron chi connectivity index (χ1n) is 14.6. The molecule has 0 aromatic heterocycles. The maximum absolute atomic E-state index is 14.8. The lowest BCUT2D eigenvalue weighted by Crippen LogP contribution is -2.60. The zero-order valence-electron chi connectivity index (χ0n) is 24.6. The summed E-state index contributed by atoms with van der Waals surface area (Å²) in [7, 11) is 0. The molecule has 4 rings (SSSR count). The van der Waals surface area contributed by atoms with Crippen molar-refractivity contribution in [3.63, 3.8) is 0 Å². The van der Waals surface area contributed by atoms with E-state index in [1.54, 1.807) is 23.1 Å². The number of likely N-dealkylation sites (tertiary alicyclic amines) is 1. The summed E-state index contributed by atoms with van der Waals surface area (Å²) in [5.74, 6) is -3.11. The third-order valence-corrected chi connectivity index (χ3v) is 9.56. The van der Waals surface area contributed by atoms with Crippen LogP contribution in [0.4, 0.5) is 5.69 Å². The summed E-state index contributed by atoms with van der Waals surface area (Å²) in [6.45, 7) is 15.2. The van der Waals surface area contributed by atoms with Crippen molar-refractivity contribution < 1.29 is 29.0 Å². The summed E-state index contributed by atoms with van der Waals surface area (Å²) in [5, 5.41) is 10.9. The predicted octanol–water partition coefficient (Wildman–Crippen LogP) is 4.85. The number of allylic oxidation sites excluding steroid dienone is 1. The van der Waals surface area contributed by atoms with Crippen LogP contribution in [0.25, 0.3) is 0 Å². The van der Waals surface area contributed by atoms with Gasteiger partial charge in [0, 0.05) is 6.54 Å². The Balaban J connectivity index is 1.85. The number of halogens is 1. The number of benzene rings is 1. The van der Waals surface area contributed by atoms with Crippen LogP contribution >= 0.6 is 11.6 Å². The summed E-state index contributed by atoms with van der Waals surface area (Å²) < 4.78 is 12.5. The minimum atomic E-state index is -1.24. The molecule has 9 heteroatoms. The smallest absolute Gasteiger partial charge is 0.312 e. The maximum atomic E-state index is 14.8.